The van der Waals surface area contributed by atoms with Crippen LogP contribution in [0.4, 0.5) is 5.69 Å². The van der Waals surface area contributed by atoms with Gasteiger partial charge >= 0.3 is 0 Å². The summed E-state index contributed by atoms with van der Waals surface area (Å²) in [6.07, 6.45) is 1.55. The minimum atomic E-state index is -0.570. The third-order valence-corrected chi connectivity index (χ3v) is 6.07. The highest BCUT2D eigenvalue weighted by Gasteiger charge is 2.33. The van der Waals surface area contributed by atoms with Crippen LogP contribution in [-0.2, 0) is 9.47 Å². The smallest absolute Gasteiger partial charge is 0.255 e. The molecule has 0 aliphatic carbocycles. The SMILES string of the molecule is Cc1cccc(NC(=O)c2ccnc(-c3c(C)cc(OC[C@@H]4COC(C)(C)O4)cc3C)[nH]c(C)cc2)c1. The van der Waals surface area contributed by atoms with Crippen molar-refractivity contribution in [3.63, 3.8) is 0 Å². The lowest BCUT2D eigenvalue weighted by atomic mass is 10.0. The number of carbonyl (C=O) groups is 1. The number of aryl methyl sites for hydroxylation is 4. The second-order valence-corrected chi connectivity index (χ2v) is 9.91. The maximum absolute atomic E-state index is 12.9. The molecular weight excluding hydrogens is 466 g/mol. The van der Waals surface area contributed by atoms with Crippen molar-refractivity contribution in [2.45, 2.75) is 53.4 Å². The molecule has 2 heterocycles. The molecular formula is C30H35N3O4. The van der Waals surface area contributed by atoms with Gasteiger partial charge in [-0.05, 0) is 101 Å². The molecule has 0 unspecified atom stereocenters. The number of anilines is 1. The number of nitrogens with one attached hydrogen (secondary N) is 2. The number of H-pyrrole nitrogens is 1. The first-order chi connectivity index (χ1) is 17.6. The van der Waals surface area contributed by atoms with E-state index in [4.69, 9.17) is 14.2 Å². The Bertz CT molecular complexity index is 1320. The average Bonchev–Trinajstić information content (AvgIpc) is 3.21. The fourth-order valence-corrected chi connectivity index (χ4v) is 4.34. The van der Waals surface area contributed by atoms with Crippen molar-refractivity contribution < 1.29 is 19.0 Å². The first-order valence-corrected chi connectivity index (χ1v) is 12.4. The van der Waals surface area contributed by atoms with Gasteiger partial charge in [0.25, 0.3) is 5.91 Å². The number of benzene rings is 2. The number of aromatic nitrogens is 2. The van der Waals surface area contributed by atoms with E-state index in [9.17, 15) is 4.79 Å². The fraction of sp³-hybridized carbons (Fsp3) is 0.333. The van der Waals surface area contributed by atoms with E-state index in [0.29, 0.717) is 24.6 Å². The molecule has 194 valence electrons. The summed E-state index contributed by atoms with van der Waals surface area (Å²) in [7, 11) is 0. The molecule has 0 bridgehead atoms. The number of aromatic amines is 1. The Hall–Kier alpha value is -3.68. The Kier molecular flexibility index (Phi) is 7.95. The van der Waals surface area contributed by atoms with Crippen LogP contribution in [0.2, 0.25) is 0 Å². The quantitative estimate of drug-likeness (QED) is 0.419. The molecule has 2 aromatic carbocycles. The van der Waals surface area contributed by atoms with Gasteiger partial charge in [0.2, 0.25) is 0 Å². The van der Waals surface area contributed by atoms with Gasteiger partial charge in [-0.3, -0.25) is 4.79 Å². The number of hydrogen-bond donors (Lipinski definition) is 2. The van der Waals surface area contributed by atoms with Gasteiger partial charge in [0.15, 0.2) is 5.79 Å². The van der Waals surface area contributed by atoms with Gasteiger partial charge in [0, 0.05) is 28.7 Å². The van der Waals surface area contributed by atoms with Crippen LogP contribution in [0.3, 0.4) is 0 Å². The molecule has 1 atom stereocenters. The van der Waals surface area contributed by atoms with Crippen LogP contribution in [-0.4, -0.2) is 41.0 Å². The van der Waals surface area contributed by atoms with Crippen molar-refractivity contribution in [1.29, 1.82) is 0 Å². The van der Waals surface area contributed by atoms with Crippen molar-refractivity contribution in [3.05, 3.63) is 88.7 Å². The molecule has 0 spiro atoms. The number of ether oxygens (including phenoxy) is 3. The maximum Gasteiger partial charge on any atom is 0.255 e. The Morgan fingerprint density at radius 1 is 1.08 bits per heavy atom. The van der Waals surface area contributed by atoms with Crippen LogP contribution in [0.15, 0.2) is 60.8 Å². The van der Waals surface area contributed by atoms with Gasteiger partial charge in [-0.15, -0.1) is 0 Å². The third kappa shape index (κ3) is 6.96. The molecule has 37 heavy (non-hydrogen) atoms. The van der Waals surface area contributed by atoms with Gasteiger partial charge < -0.3 is 24.5 Å². The number of nitrogens with zero attached hydrogens (tertiary/aromatic N) is 1. The van der Waals surface area contributed by atoms with Crippen LogP contribution in [0.5, 0.6) is 5.75 Å². The molecule has 1 aromatic heterocycles. The minimum Gasteiger partial charge on any atom is -0.491 e. The number of carbonyl (C=O) groups excluding carboxylic acids is 1. The van der Waals surface area contributed by atoms with E-state index >= 15 is 0 Å². The molecule has 3 aromatic rings. The van der Waals surface area contributed by atoms with Gasteiger partial charge in [0.05, 0.1) is 6.61 Å². The standard InChI is InChI=1S/C30H35N3O4/c1-19-8-7-9-24(14-19)33-29(34)23-11-10-22(4)32-28(31-13-12-23)27-20(2)15-25(16-21(27)3)35-17-26-18-36-30(5,6)37-26/h7-16,26H,17-18H2,1-6H3,(H,31,32)(H,33,34)/t26-/m1/s1. The molecule has 0 saturated carbocycles. The van der Waals surface area contributed by atoms with E-state index in [1.54, 1.807) is 18.3 Å². The lowest BCUT2D eigenvalue weighted by molar-refractivity contribution is -0.141. The van der Waals surface area contributed by atoms with Crippen molar-refractivity contribution in [2.24, 2.45) is 0 Å². The summed E-state index contributed by atoms with van der Waals surface area (Å²) < 4.78 is 17.5. The van der Waals surface area contributed by atoms with E-state index in [0.717, 1.165) is 39.4 Å². The molecule has 7 heteroatoms. The molecule has 4 rings (SSSR count). The highest BCUT2D eigenvalue weighted by molar-refractivity contribution is 6.04. The van der Waals surface area contributed by atoms with Crippen LogP contribution >= 0.6 is 0 Å². The van der Waals surface area contributed by atoms with Gasteiger partial charge in [-0.1, -0.05) is 12.1 Å². The average molecular weight is 502 g/mol. The fourth-order valence-electron chi connectivity index (χ4n) is 4.34. The lowest BCUT2D eigenvalue weighted by Crippen LogP contribution is -2.25. The van der Waals surface area contributed by atoms with E-state index in [-0.39, 0.29) is 12.0 Å². The number of hydrogen-bond acceptors (Lipinski definition) is 5. The molecule has 1 saturated heterocycles. The second kappa shape index (κ2) is 11.2. The second-order valence-electron chi connectivity index (χ2n) is 9.91. The summed E-state index contributed by atoms with van der Waals surface area (Å²) in [6, 6.07) is 17.1. The van der Waals surface area contributed by atoms with Crippen LogP contribution < -0.4 is 10.1 Å². The van der Waals surface area contributed by atoms with E-state index in [1.807, 2.05) is 84.0 Å². The zero-order chi connectivity index (χ0) is 26.6. The molecule has 1 fully saturated rings. The molecule has 1 aliphatic heterocycles. The largest absolute Gasteiger partial charge is 0.491 e. The summed E-state index contributed by atoms with van der Waals surface area (Å²) in [4.78, 5) is 21.0. The van der Waals surface area contributed by atoms with Crippen LogP contribution in [0, 0.1) is 27.7 Å². The first kappa shape index (κ1) is 26.4. The first-order valence-electron chi connectivity index (χ1n) is 12.4. The normalized spacial score (nSPS) is 16.2. The Morgan fingerprint density at radius 3 is 2.51 bits per heavy atom. The maximum atomic E-state index is 12.9. The minimum absolute atomic E-state index is 0.0987. The Morgan fingerprint density at radius 2 is 1.84 bits per heavy atom. The summed E-state index contributed by atoms with van der Waals surface area (Å²) in [6.45, 7) is 12.7. The molecule has 1 amide bonds. The van der Waals surface area contributed by atoms with Gasteiger partial charge in [-0.25, -0.2) is 4.98 Å². The van der Waals surface area contributed by atoms with Crippen molar-refractivity contribution in [3.8, 4) is 17.1 Å². The summed E-state index contributed by atoms with van der Waals surface area (Å²) in [5.41, 5.74) is 6.24. The zero-order valence-corrected chi connectivity index (χ0v) is 22.3. The summed E-state index contributed by atoms with van der Waals surface area (Å²) in [5, 5.41) is 2.95. The monoisotopic (exact) mass is 501 g/mol. The Balaban J connectivity index is 1.56. The molecule has 0 radical (unpaired) electrons. The van der Waals surface area contributed by atoms with Crippen molar-refractivity contribution in [2.75, 3.05) is 18.5 Å². The van der Waals surface area contributed by atoms with Gasteiger partial charge in [0.1, 0.15) is 24.3 Å². The number of amides is 1. The predicted octanol–water partition coefficient (Wildman–Crippen LogP) is 6.22. The van der Waals surface area contributed by atoms with Crippen LogP contribution in [0.1, 0.15) is 46.6 Å². The van der Waals surface area contributed by atoms with E-state index in [2.05, 4.69) is 15.3 Å². The van der Waals surface area contributed by atoms with Crippen molar-refractivity contribution in [1.82, 2.24) is 9.97 Å². The predicted molar refractivity (Wildman–Crippen MR) is 145 cm³/mol. The highest BCUT2D eigenvalue weighted by atomic mass is 16.7. The zero-order valence-electron chi connectivity index (χ0n) is 22.3. The van der Waals surface area contributed by atoms with E-state index < -0.39 is 5.79 Å². The van der Waals surface area contributed by atoms with Gasteiger partial charge in [-0.2, -0.15) is 0 Å². The summed E-state index contributed by atoms with van der Waals surface area (Å²) >= 11 is 0. The third-order valence-electron chi connectivity index (χ3n) is 6.07. The summed E-state index contributed by atoms with van der Waals surface area (Å²) in [5.74, 6) is 0.711. The van der Waals surface area contributed by atoms with E-state index in [1.165, 1.54) is 0 Å². The highest BCUT2D eigenvalue weighted by Crippen LogP contribution is 2.29. The lowest BCUT2D eigenvalue weighted by Gasteiger charge is -2.18. The topological polar surface area (TPSA) is 85.5 Å². The van der Waals surface area contributed by atoms with Crippen molar-refractivity contribution >= 4 is 11.6 Å². The molecule has 1 aliphatic rings. The Labute approximate surface area is 218 Å². The van der Waals surface area contributed by atoms with Crippen LogP contribution in [0.25, 0.3) is 11.4 Å². The molecule has 7 nitrogen and oxygen atoms in total. The number of rotatable bonds is 6. The molecule has 2 N–H and O–H groups in total.